The van der Waals surface area contributed by atoms with Gasteiger partial charge in [-0.3, -0.25) is 4.40 Å². The van der Waals surface area contributed by atoms with Gasteiger partial charge < -0.3 is 15.2 Å². The number of guanidine groups is 1. The molecule has 0 aliphatic heterocycles. The van der Waals surface area contributed by atoms with Gasteiger partial charge in [-0.1, -0.05) is 30.3 Å². The zero-order valence-electron chi connectivity index (χ0n) is 16.8. The van der Waals surface area contributed by atoms with E-state index in [2.05, 4.69) is 61.6 Å². The molecule has 30 heavy (non-hydrogen) atoms. The monoisotopic (exact) mass is 516 g/mol. The van der Waals surface area contributed by atoms with Gasteiger partial charge in [0.2, 0.25) is 0 Å². The number of aliphatic imine (C=N–C) groups is 1. The molecule has 8 nitrogen and oxygen atoms in total. The van der Waals surface area contributed by atoms with Crippen LogP contribution in [0.5, 0.6) is 0 Å². The quantitative estimate of drug-likeness (QED) is 0.224. The van der Waals surface area contributed by atoms with Gasteiger partial charge in [-0.25, -0.2) is 9.98 Å². The normalized spacial score (nSPS) is 11.3. The van der Waals surface area contributed by atoms with Crippen LogP contribution in [0.1, 0.15) is 23.9 Å². The maximum atomic E-state index is 4.72. The summed E-state index contributed by atoms with van der Waals surface area (Å²) in [7, 11) is 0. The Kier molecular flexibility index (Phi) is 7.77. The van der Waals surface area contributed by atoms with Crippen molar-refractivity contribution in [3.05, 3.63) is 84.3 Å². The van der Waals surface area contributed by atoms with E-state index >= 15 is 0 Å². The van der Waals surface area contributed by atoms with Crippen LogP contribution in [0.25, 0.3) is 5.65 Å². The maximum Gasteiger partial charge on any atom is 0.191 e. The molecule has 2 N–H and O–H groups in total. The summed E-state index contributed by atoms with van der Waals surface area (Å²) in [6, 6.07) is 14.3. The summed E-state index contributed by atoms with van der Waals surface area (Å²) in [5.74, 6) is 1.59. The molecule has 0 spiro atoms. The minimum absolute atomic E-state index is 0. The van der Waals surface area contributed by atoms with Crippen molar-refractivity contribution in [3.63, 3.8) is 0 Å². The molecular weight excluding hydrogens is 491 g/mol. The Labute approximate surface area is 192 Å². The first-order valence-electron chi connectivity index (χ1n) is 9.66. The first kappa shape index (κ1) is 21.8. The molecule has 0 saturated carbocycles. The number of halogens is 1. The van der Waals surface area contributed by atoms with Crippen molar-refractivity contribution in [2.24, 2.45) is 4.99 Å². The molecule has 0 amide bonds. The largest absolute Gasteiger partial charge is 0.357 e. The van der Waals surface area contributed by atoms with Crippen molar-refractivity contribution >= 4 is 35.6 Å². The van der Waals surface area contributed by atoms with E-state index in [1.165, 1.54) is 5.56 Å². The smallest absolute Gasteiger partial charge is 0.191 e. The molecule has 0 atom stereocenters. The molecule has 0 saturated heterocycles. The van der Waals surface area contributed by atoms with E-state index in [9.17, 15) is 0 Å². The maximum absolute atomic E-state index is 4.72. The Balaban J connectivity index is 0.00000256. The molecule has 156 valence electrons. The first-order chi connectivity index (χ1) is 14.3. The van der Waals surface area contributed by atoms with Gasteiger partial charge in [0, 0.05) is 31.7 Å². The molecule has 0 radical (unpaired) electrons. The Hall–Kier alpha value is -2.95. The van der Waals surface area contributed by atoms with Gasteiger partial charge in [0.1, 0.15) is 0 Å². The molecule has 4 aromatic rings. The van der Waals surface area contributed by atoms with E-state index in [4.69, 9.17) is 4.99 Å². The standard InChI is InChI=1S/C21H24N8.HI/c1-2-23-21(25-14-20-27-26-19-8-3-4-10-29(19)20)24-13-17-6-5-7-18(12-17)15-28-11-9-22-16-28;/h3-12,16H,2,13-15H2,1H3,(H2,23,24,25);1H. The molecule has 1 aromatic carbocycles. The molecule has 0 aliphatic carbocycles. The molecule has 0 aliphatic rings. The van der Waals surface area contributed by atoms with E-state index in [0.717, 1.165) is 36.1 Å². The highest BCUT2D eigenvalue weighted by Crippen LogP contribution is 2.09. The highest BCUT2D eigenvalue weighted by atomic mass is 127. The predicted octanol–water partition coefficient (Wildman–Crippen LogP) is 2.85. The molecule has 3 heterocycles. The summed E-state index contributed by atoms with van der Waals surface area (Å²) in [4.78, 5) is 8.81. The van der Waals surface area contributed by atoms with Crippen molar-refractivity contribution in [1.29, 1.82) is 0 Å². The molecular formula is C21H25IN8. The van der Waals surface area contributed by atoms with Crippen LogP contribution in [0.15, 0.2) is 72.4 Å². The zero-order chi connectivity index (χ0) is 19.9. The van der Waals surface area contributed by atoms with Gasteiger partial charge in [0.15, 0.2) is 17.4 Å². The highest BCUT2D eigenvalue weighted by Gasteiger charge is 2.06. The summed E-state index contributed by atoms with van der Waals surface area (Å²) in [5.41, 5.74) is 3.22. The van der Waals surface area contributed by atoms with Crippen LogP contribution >= 0.6 is 24.0 Å². The summed E-state index contributed by atoms with van der Waals surface area (Å²) in [6.07, 6.45) is 7.54. The van der Waals surface area contributed by atoms with Crippen LogP contribution < -0.4 is 10.6 Å². The van der Waals surface area contributed by atoms with Crippen LogP contribution in [0.2, 0.25) is 0 Å². The fourth-order valence-electron chi connectivity index (χ4n) is 3.10. The van der Waals surface area contributed by atoms with Crippen molar-refractivity contribution in [2.75, 3.05) is 6.54 Å². The topological polar surface area (TPSA) is 84.4 Å². The van der Waals surface area contributed by atoms with E-state index in [0.29, 0.717) is 13.1 Å². The van der Waals surface area contributed by atoms with Gasteiger partial charge in [0.05, 0.1) is 19.4 Å². The lowest BCUT2D eigenvalue weighted by molar-refractivity contribution is 0.764. The fraction of sp³-hybridized carbons (Fsp3) is 0.238. The number of rotatable bonds is 7. The lowest BCUT2D eigenvalue weighted by Gasteiger charge is -2.11. The SMILES string of the molecule is CCNC(=NCc1cccc(Cn2ccnc2)c1)NCc1nnc2ccccn12.I. The van der Waals surface area contributed by atoms with Crippen molar-refractivity contribution in [1.82, 2.24) is 34.8 Å². The number of hydrogen-bond acceptors (Lipinski definition) is 4. The third kappa shape index (κ3) is 5.56. The Morgan fingerprint density at radius 3 is 2.77 bits per heavy atom. The molecule has 9 heteroatoms. The van der Waals surface area contributed by atoms with E-state index in [-0.39, 0.29) is 24.0 Å². The molecule has 3 aromatic heterocycles. The Morgan fingerprint density at radius 1 is 1.03 bits per heavy atom. The van der Waals surface area contributed by atoms with Gasteiger partial charge in [0.25, 0.3) is 0 Å². The number of pyridine rings is 1. The number of imidazole rings is 1. The van der Waals surface area contributed by atoms with Gasteiger partial charge in [-0.15, -0.1) is 34.2 Å². The number of hydrogen-bond donors (Lipinski definition) is 2. The van der Waals surface area contributed by atoms with Crippen LogP contribution in [-0.4, -0.2) is 36.7 Å². The van der Waals surface area contributed by atoms with E-state index in [1.54, 1.807) is 6.20 Å². The Morgan fingerprint density at radius 2 is 1.93 bits per heavy atom. The summed E-state index contributed by atoms with van der Waals surface area (Å²) < 4.78 is 4.02. The zero-order valence-corrected chi connectivity index (χ0v) is 19.1. The van der Waals surface area contributed by atoms with Crippen LogP contribution in [0.3, 0.4) is 0 Å². The predicted molar refractivity (Wildman–Crippen MR) is 128 cm³/mol. The highest BCUT2D eigenvalue weighted by molar-refractivity contribution is 14.0. The average molecular weight is 516 g/mol. The molecule has 0 fully saturated rings. The van der Waals surface area contributed by atoms with Crippen LogP contribution in [0.4, 0.5) is 0 Å². The van der Waals surface area contributed by atoms with Crippen molar-refractivity contribution < 1.29 is 0 Å². The van der Waals surface area contributed by atoms with Crippen molar-refractivity contribution in [2.45, 2.75) is 26.6 Å². The molecule has 0 bridgehead atoms. The third-order valence-corrected chi connectivity index (χ3v) is 4.48. The molecule has 0 unspecified atom stereocenters. The number of nitrogens with zero attached hydrogens (tertiary/aromatic N) is 6. The summed E-state index contributed by atoms with van der Waals surface area (Å²) in [5, 5.41) is 15.1. The minimum Gasteiger partial charge on any atom is -0.357 e. The number of aromatic nitrogens is 5. The lowest BCUT2D eigenvalue weighted by atomic mass is 10.1. The summed E-state index contributed by atoms with van der Waals surface area (Å²) >= 11 is 0. The number of nitrogens with one attached hydrogen (secondary N) is 2. The van der Waals surface area contributed by atoms with Gasteiger partial charge in [-0.05, 0) is 30.2 Å². The number of fused-ring (bicyclic) bond motifs is 1. The van der Waals surface area contributed by atoms with E-state index in [1.807, 2.05) is 41.3 Å². The minimum atomic E-state index is 0. The average Bonchev–Trinajstić information content (AvgIpc) is 3.40. The third-order valence-electron chi connectivity index (χ3n) is 4.48. The second kappa shape index (κ2) is 10.7. The fourth-order valence-corrected chi connectivity index (χ4v) is 3.10. The van der Waals surface area contributed by atoms with Gasteiger partial charge in [-0.2, -0.15) is 0 Å². The van der Waals surface area contributed by atoms with Crippen LogP contribution in [-0.2, 0) is 19.6 Å². The van der Waals surface area contributed by atoms with Crippen molar-refractivity contribution in [3.8, 4) is 0 Å². The second-order valence-electron chi connectivity index (χ2n) is 6.65. The first-order valence-corrected chi connectivity index (χ1v) is 9.66. The van der Waals surface area contributed by atoms with E-state index < -0.39 is 0 Å². The number of benzene rings is 1. The second-order valence-corrected chi connectivity index (χ2v) is 6.65. The molecule has 4 rings (SSSR count). The van der Waals surface area contributed by atoms with Crippen LogP contribution in [0, 0.1) is 0 Å². The Bertz CT molecular complexity index is 1090. The lowest BCUT2D eigenvalue weighted by Crippen LogP contribution is -2.37. The van der Waals surface area contributed by atoms with Gasteiger partial charge >= 0.3 is 0 Å². The summed E-state index contributed by atoms with van der Waals surface area (Å²) in [6.45, 7) is 4.77.